The number of halogens is 1. The first-order chi connectivity index (χ1) is 12.3. The molecular weight excluding hydrogens is 423 g/mol. The largest absolute Gasteiger partial charge is 0.353 e. The molecule has 0 bridgehead atoms. The Morgan fingerprint density at radius 1 is 0.680 bits per heavy atom. The first-order valence-electron chi connectivity index (χ1n) is 10.8. The minimum Gasteiger partial charge on any atom is -0.353 e. The van der Waals surface area contributed by atoms with Gasteiger partial charge in [0.25, 0.3) is 0 Å². The molecule has 0 aliphatic rings. The summed E-state index contributed by atoms with van der Waals surface area (Å²) < 4.78 is 13.0. The highest BCUT2D eigenvalue weighted by molar-refractivity contribution is 14.1. The van der Waals surface area contributed by atoms with Gasteiger partial charge in [0.05, 0.1) is 0 Å². The van der Waals surface area contributed by atoms with Gasteiger partial charge in [0.1, 0.15) is 0 Å². The molecule has 0 amide bonds. The molecule has 0 aromatic heterocycles. The summed E-state index contributed by atoms with van der Waals surface area (Å²) in [4.78, 5) is 0. The van der Waals surface area contributed by atoms with E-state index in [1.807, 2.05) is 0 Å². The van der Waals surface area contributed by atoms with Crippen molar-refractivity contribution in [1.82, 2.24) is 0 Å². The van der Waals surface area contributed by atoms with Crippen molar-refractivity contribution in [3.63, 3.8) is 0 Å². The second kappa shape index (κ2) is 22.4. The summed E-state index contributed by atoms with van der Waals surface area (Å²) in [6, 6.07) is 0. The van der Waals surface area contributed by atoms with Gasteiger partial charge >= 0.3 is 0 Å². The summed E-state index contributed by atoms with van der Waals surface area (Å²) in [5.41, 5.74) is 0. The van der Waals surface area contributed by atoms with Crippen LogP contribution in [-0.2, 0) is 9.47 Å². The van der Waals surface area contributed by atoms with Crippen molar-refractivity contribution >= 4 is 22.6 Å². The molecule has 0 heterocycles. The zero-order chi connectivity index (χ0) is 18.4. The van der Waals surface area contributed by atoms with Gasteiger partial charge in [-0.05, 0) is 44.9 Å². The van der Waals surface area contributed by atoms with Gasteiger partial charge in [-0.1, -0.05) is 93.5 Å². The van der Waals surface area contributed by atoms with Gasteiger partial charge in [-0.25, -0.2) is 0 Å². The lowest BCUT2D eigenvalue weighted by Gasteiger charge is -2.18. The molecule has 0 spiro atoms. The molecule has 0 saturated heterocycles. The molecule has 0 saturated carbocycles. The molecule has 0 rings (SSSR count). The monoisotopic (exact) mass is 466 g/mol. The standard InChI is InChI=1S/C22H43IO2/c1-3-5-20-24-22(25-21-6-4-2)18-16-14-12-10-8-7-9-11-13-15-17-19-23/h13,15,22H,3-12,14,16-21H2,1-2H3/b15-13+. The highest BCUT2D eigenvalue weighted by Crippen LogP contribution is 2.13. The second-order valence-electron chi connectivity index (χ2n) is 6.88. The van der Waals surface area contributed by atoms with E-state index in [0.717, 1.165) is 32.5 Å². The molecule has 150 valence electrons. The van der Waals surface area contributed by atoms with E-state index >= 15 is 0 Å². The Hall–Kier alpha value is 0.390. The fourth-order valence-electron chi connectivity index (χ4n) is 2.69. The van der Waals surface area contributed by atoms with Crippen LogP contribution in [0.3, 0.4) is 0 Å². The molecule has 2 nitrogen and oxygen atoms in total. The molecule has 0 N–H and O–H groups in total. The first kappa shape index (κ1) is 25.4. The molecule has 0 atom stereocenters. The average Bonchev–Trinajstić information content (AvgIpc) is 2.62. The van der Waals surface area contributed by atoms with Crippen molar-refractivity contribution in [3.8, 4) is 0 Å². The lowest BCUT2D eigenvalue weighted by molar-refractivity contribution is -0.147. The van der Waals surface area contributed by atoms with E-state index in [4.69, 9.17) is 9.47 Å². The molecule has 0 aromatic rings. The lowest BCUT2D eigenvalue weighted by Crippen LogP contribution is -2.18. The minimum absolute atomic E-state index is 0.0347. The maximum Gasteiger partial charge on any atom is 0.157 e. The van der Waals surface area contributed by atoms with Crippen LogP contribution in [0.4, 0.5) is 0 Å². The quantitative estimate of drug-likeness (QED) is 0.0598. The van der Waals surface area contributed by atoms with E-state index in [2.05, 4.69) is 48.6 Å². The summed E-state index contributed by atoms with van der Waals surface area (Å²) in [6.07, 6.45) is 22.4. The minimum atomic E-state index is 0.0347. The van der Waals surface area contributed by atoms with Crippen molar-refractivity contribution in [2.45, 2.75) is 110 Å². The van der Waals surface area contributed by atoms with Gasteiger partial charge in [-0.2, -0.15) is 0 Å². The third-order valence-electron chi connectivity index (χ3n) is 4.36. The van der Waals surface area contributed by atoms with E-state index in [1.165, 1.54) is 75.1 Å². The van der Waals surface area contributed by atoms with E-state index in [9.17, 15) is 0 Å². The number of alkyl halides is 1. The molecule has 0 aliphatic heterocycles. The third kappa shape index (κ3) is 20.6. The number of unbranched alkanes of at least 4 members (excludes halogenated alkanes) is 9. The van der Waals surface area contributed by atoms with Crippen LogP contribution < -0.4 is 0 Å². The van der Waals surface area contributed by atoms with Crippen molar-refractivity contribution < 1.29 is 9.47 Å². The smallest absolute Gasteiger partial charge is 0.157 e. The van der Waals surface area contributed by atoms with Crippen LogP contribution in [0.25, 0.3) is 0 Å². The van der Waals surface area contributed by atoms with Crippen molar-refractivity contribution in [3.05, 3.63) is 12.2 Å². The second-order valence-corrected chi connectivity index (χ2v) is 7.96. The zero-order valence-electron chi connectivity index (χ0n) is 16.9. The zero-order valence-corrected chi connectivity index (χ0v) is 19.1. The number of hydrogen-bond donors (Lipinski definition) is 0. The SMILES string of the molecule is CCCCOC(CCCCCCCCC/C=C/CCI)OCCCC. The van der Waals surface area contributed by atoms with Gasteiger partial charge in [-0.3, -0.25) is 0 Å². The Balaban J connectivity index is 3.49. The summed E-state index contributed by atoms with van der Waals surface area (Å²) >= 11 is 2.43. The molecule has 0 aromatic carbocycles. The van der Waals surface area contributed by atoms with Gasteiger partial charge < -0.3 is 9.47 Å². The van der Waals surface area contributed by atoms with Gasteiger partial charge in [0.2, 0.25) is 0 Å². The average molecular weight is 466 g/mol. The predicted octanol–water partition coefficient (Wildman–Crippen LogP) is 7.84. The van der Waals surface area contributed by atoms with Crippen LogP contribution in [0.2, 0.25) is 0 Å². The molecule has 0 aliphatic carbocycles. The molecule has 0 unspecified atom stereocenters. The molecule has 25 heavy (non-hydrogen) atoms. The van der Waals surface area contributed by atoms with E-state index in [-0.39, 0.29) is 6.29 Å². The fraction of sp³-hybridized carbons (Fsp3) is 0.909. The van der Waals surface area contributed by atoms with Crippen LogP contribution in [-0.4, -0.2) is 23.9 Å². The third-order valence-corrected chi connectivity index (χ3v) is 4.98. The predicted molar refractivity (Wildman–Crippen MR) is 120 cm³/mol. The van der Waals surface area contributed by atoms with Crippen LogP contribution in [0, 0.1) is 0 Å². The molecular formula is C22H43IO2. The maximum absolute atomic E-state index is 5.90. The van der Waals surface area contributed by atoms with Crippen molar-refractivity contribution in [2.75, 3.05) is 17.6 Å². The number of allylic oxidation sites excluding steroid dienone is 2. The van der Waals surface area contributed by atoms with Crippen LogP contribution in [0.1, 0.15) is 104 Å². The normalized spacial score (nSPS) is 11.8. The van der Waals surface area contributed by atoms with Crippen LogP contribution in [0.15, 0.2) is 12.2 Å². The Morgan fingerprint density at radius 3 is 1.76 bits per heavy atom. The van der Waals surface area contributed by atoms with Gasteiger partial charge in [0.15, 0.2) is 6.29 Å². The molecule has 3 heteroatoms. The highest BCUT2D eigenvalue weighted by atomic mass is 127. The first-order valence-corrected chi connectivity index (χ1v) is 12.3. The number of hydrogen-bond acceptors (Lipinski definition) is 2. The fourth-order valence-corrected chi connectivity index (χ4v) is 3.05. The van der Waals surface area contributed by atoms with Crippen molar-refractivity contribution in [2.24, 2.45) is 0 Å². The Kier molecular flexibility index (Phi) is 22.8. The van der Waals surface area contributed by atoms with Gasteiger partial charge in [0, 0.05) is 17.6 Å². The molecule has 0 fully saturated rings. The summed E-state index contributed by atoms with van der Waals surface area (Å²) in [5, 5.41) is 0. The van der Waals surface area contributed by atoms with Gasteiger partial charge in [-0.15, -0.1) is 0 Å². The van der Waals surface area contributed by atoms with E-state index < -0.39 is 0 Å². The number of rotatable bonds is 20. The summed E-state index contributed by atoms with van der Waals surface area (Å²) in [7, 11) is 0. The van der Waals surface area contributed by atoms with Crippen molar-refractivity contribution in [1.29, 1.82) is 0 Å². The Bertz CT molecular complexity index is 259. The summed E-state index contributed by atoms with van der Waals surface area (Å²) in [5.74, 6) is 0. The topological polar surface area (TPSA) is 18.5 Å². The van der Waals surface area contributed by atoms with Crippen LogP contribution in [0.5, 0.6) is 0 Å². The highest BCUT2D eigenvalue weighted by Gasteiger charge is 2.08. The number of ether oxygens (including phenoxy) is 2. The van der Waals surface area contributed by atoms with E-state index in [0.29, 0.717) is 0 Å². The summed E-state index contributed by atoms with van der Waals surface area (Å²) in [6.45, 7) is 6.11. The lowest BCUT2D eigenvalue weighted by atomic mass is 10.1. The molecule has 0 radical (unpaired) electrons. The maximum atomic E-state index is 5.90. The Morgan fingerprint density at radius 2 is 1.20 bits per heavy atom. The van der Waals surface area contributed by atoms with E-state index in [1.54, 1.807) is 0 Å². The van der Waals surface area contributed by atoms with Crippen LogP contribution >= 0.6 is 22.6 Å². The Labute approximate surface area is 171 Å².